The first-order valence-electron chi connectivity index (χ1n) is 3.79. The summed E-state index contributed by atoms with van der Waals surface area (Å²) in [7, 11) is 0. The molecule has 0 atom stereocenters. The third-order valence-corrected chi connectivity index (χ3v) is 1.69. The molecule has 0 fully saturated rings. The number of aromatic amines is 1. The van der Waals surface area contributed by atoms with Crippen LogP contribution in [0.25, 0.3) is 11.2 Å². The molecule has 0 saturated carbocycles. The number of aromatic nitrogens is 3. The lowest BCUT2D eigenvalue weighted by Gasteiger charge is -1.85. The maximum absolute atomic E-state index is 12.6. The van der Waals surface area contributed by atoms with E-state index in [1.807, 2.05) is 6.92 Å². The van der Waals surface area contributed by atoms with Gasteiger partial charge in [-0.3, -0.25) is 0 Å². The Morgan fingerprint density at radius 1 is 1.58 bits per heavy atom. The van der Waals surface area contributed by atoms with E-state index in [1.54, 1.807) is 0 Å². The predicted octanol–water partition coefficient (Wildman–Crippen LogP) is 1.66. The summed E-state index contributed by atoms with van der Waals surface area (Å²) in [6.45, 7) is 1.98. The van der Waals surface area contributed by atoms with Crippen LogP contribution < -0.4 is 0 Å². The standard InChI is InChI=1S/C8H8FN3/c1-2-7-11-6-3-5(9)4-10-8(6)12-7/h3-4H,2H2,1H3,(H,10,11,12). The molecule has 0 aromatic carbocycles. The maximum atomic E-state index is 12.6. The molecule has 2 aromatic heterocycles. The number of nitrogens with one attached hydrogen (secondary N) is 1. The second kappa shape index (κ2) is 2.55. The molecule has 1 N–H and O–H groups in total. The summed E-state index contributed by atoms with van der Waals surface area (Å²) in [5.74, 6) is 0.497. The minimum atomic E-state index is -0.339. The average Bonchev–Trinajstić information content (AvgIpc) is 2.46. The van der Waals surface area contributed by atoms with E-state index < -0.39 is 0 Å². The zero-order valence-electron chi connectivity index (χ0n) is 6.63. The van der Waals surface area contributed by atoms with Crippen molar-refractivity contribution in [2.75, 3.05) is 0 Å². The van der Waals surface area contributed by atoms with Gasteiger partial charge in [-0.05, 0) is 0 Å². The molecule has 12 heavy (non-hydrogen) atoms. The molecule has 0 unspecified atom stereocenters. The van der Waals surface area contributed by atoms with E-state index in [-0.39, 0.29) is 5.82 Å². The topological polar surface area (TPSA) is 41.6 Å². The first-order valence-corrected chi connectivity index (χ1v) is 3.79. The fraction of sp³-hybridized carbons (Fsp3) is 0.250. The van der Waals surface area contributed by atoms with Crippen LogP contribution in [0.2, 0.25) is 0 Å². The van der Waals surface area contributed by atoms with E-state index >= 15 is 0 Å². The van der Waals surface area contributed by atoms with Crippen LogP contribution in [-0.4, -0.2) is 15.0 Å². The van der Waals surface area contributed by atoms with E-state index in [2.05, 4.69) is 15.0 Å². The number of fused-ring (bicyclic) bond motifs is 1. The lowest BCUT2D eigenvalue weighted by molar-refractivity contribution is 0.624. The van der Waals surface area contributed by atoms with Crippen LogP contribution in [0.3, 0.4) is 0 Å². The fourth-order valence-electron chi connectivity index (χ4n) is 1.09. The van der Waals surface area contributed by atoms with Crippen LogP contribution in [0, 0.1) is 5.82 Å². The molecular formula is C8H8FN3. The van der Waals surface area contributed by atoms with Gasteiger partial charge in [0, 0.05) is 12.5 Å². The van der Waals surface area contributed by atoms with Crippen LogP contribution in [0.1, 0.15) is 12.7 Å². The summed E-state index contributed by atoms with van der Waals surface area (Å²) < 4.78 is 12.6. The monoisotopic (exact) mass is 165 g/mol. The summed E-state index contributed by atoms with van der Waals surface area (Å²) in [5.41, 5.74) is 1.24. The van der Waals surface area contributed by atoms with Gasteiger partial charge >= 0.3 is 0 Å². The van der Waals surface area contributed by atoms with Gasteiger partial charge in [0.2, 0.25) is 0 Å². The van der Waals surface area contributed by atoms with Gasteiger partial charge in [0.15, 0.2) is 5.65 Å². The van der Waals surface area contributed by atoms with E-state index in [9.17, 15) is 4.39 Å². The van der Waals surface area contributed by atoms with Crippen molar-refractivity contribution in [2.45, 2.75) is 13.3 Å². The zero-order valence-corrected chi connectivity index (χ0v) is 6.63. The molecule has 0 amide bonds. The van der Waals surface area contributed by atoms with Crippen molar-refractivity contribution in [3.8, 4) is 0 Å². The van der Waals surface area contributed by atoms with Gasteiger partial charge < -0.3 is 4.98 Å². The van der Waals surface area contributed by atoms with Gasteiger partial charge in [0.25, 0.3) is 0 Å². The molecule has 0 aliphatic rings. The number of hydrogen-bond donors (Lipinski definition) is 1. The van der Waals surface area contributed by atoms with Crippen molar-refractivity contribution in [3.63, 3.8) is 0 Å². The van der Waals surface area contributed by atoms with E-state index in [4.69, 9.17) is 0 Å². The molecule has 3 nitrogen and oxygen atoms in total. The third kappa shape index (κ3) is 1.05. The Morgan fingerprint density at radius 2 is 2.42 bits per heavy atom. The Labute approximate surface area is 68.7 Å². The summed E-state index contributed by atoms with van der Waals surface area (Å²) in [6.07, 6.45) is 1.97. The van der Waals surface area contributed by atoms with E-state index in [0.29, 0.717) is 11.2 Å². The number of imidazole rings is 1. The number of hydrogen-bond acceptors (Lipinski definition) is 2. The van der Waals surface area contributed by atoms with Gasteiger partial charge in [0.05, 0.1) is 11.7 Å². The summed E-state index contributed by atoms with van der Waals surface area (Å²) in [4.78, 5) is 10.9. The van der Waals surface area contributed by atoms with Crippen molar-refractivity contribution in [2.24, 2.45) is 0 Å². The lowest BCUT2D eigenvalue weighted by Crippen LogP contribution is -1.80. The van der Waals surface area contributed by atoms with Crippen LogP contribution in [0.15, 0.2) is 12.3 Å². The number of H-pyrrole nitrogens is 1. The summed E-state index contributed by atoms with van der Waals surface area (Å²) in [5, 5.41) is 0. The van der Waals surface area contributed by atoms with Gasteiger partial charge in [-0.1, -0.05) is 6.92 Å². The van der Waals surface area contributed by atoms with Gasteiger partial charge in [-0.25, -0.2) is 14.4 Å². The highest BCUT2D eigenvalue weighted by Gasteiger charge is 2.02. The summed E-state index contributed by atoms with van der Waals surface area (Å²) in [6, 6.07) is 1.40. The third-order valence-electron chi connectivity index (χ3n) is 1.69. The highest BCUT2D eigenvalue weighted by molar-refractivity contribution is 5.70. The molecule has 2 rings (SSSR count). The van der Waals surface area contributed by atoms with Crippen molar-refractivity contribution in [3.05, 3.63) is 23.9 Å². The molecule has 4 heteroatoms. The Morgan fingerprint density at radius 3 is 3.17 bits per heavy atom. The Balaban J connectivity index is 2.67. The minimum absolute atomic E-state index is 0.339. The number of halogens is 1. The van der Waals surface area contributed by atoms with Crippen LogP contribution in [0.4, 0.5) is 4.39 Å². The molecule has 62 valence electrons. The second-order valence-electron chi connectivity index (χ2n) is 2.56. The molecule has 0 bridgehead atoms. The quantitative estimate of drug-likeness (QED) is 0.698. The fourth-order valence-corrected chi connectivity index (χ4v) is 1.09. The number of pyridine rings is 1. The van der Waals surface area contributed by atoms with Crippen LogP contribution in [0.5, 0.6) is 0 Å². The Kier molecular flexibility index (Phi) is 1.53. The zero-order chi connectivity index (χ0) is 8.55. The highest BCUT2D eigenvalue weighted by Crippen LogP contribution is 2.09. The second-order valence-corrected chi connectivity index (χ2v) is 2.56. The van der Waals surface area contributed by atoms with Crippen molar-refractivity contribution in [1.29, 1.82) is 0 Å². The van der Waals surface area contributed by atoms with Gasteiger partial charge in [0.1, 0.15) is 11.6 Å². The number of aryl methyl sites for hydroxylation is 1. The molecular weight excluding hydrogens is 157 g/mol. The SMILES string of the molecule is CCc1nc2ncc(F)cc2[nH]1. The number of nitrogens with zero attached hydrogens (tertiary/aromatic N) is 2. The normalized spacial score (nSPS) is 10.8. The van der Waals surface area contributed by atoms with E-state index in [0.717, 1.165) is 12.2 Å². The van der Waals surface area contributed by atoms with E-state index in [1.165, 1.54) is 12.3 Å². The van der Waals surface area contributed by atoms with Crippen LogP contribution in [-0.2, 0) is 6.42 Å². The van der Waals surface area contributed by atoms with Gasteiger partial charge in [-0.15, -0.1) is 0 Å². The summed E-state index contributed by atoms with van der Waals surface area (Å²) >= 11 is 0. The average molecular weight is 165 g/mol. The molecule has 2 aromatic rings. The smallest absolute Gasteiger partial charge is 0.177 e. The highest BCUT2D eigenvalue weighted by atomic mass is 19.1. The molecule has 0 aliphatic heterocycles. The van der Waals surface area contributed by atoms with Crippen molar-refractivity contribution in [1.82, 2.24) is 15.0 Å². The molecule has 0 aliphatic carbocycles. The Bertz CT molecular complexity index is 408. The maximum Gasteiger partial charge on any atom is 0.177 e. The number of rotatable bonds is 1. The first kappa shape index (κ1) is 7.21. The van der Waals surface area contributed by atoms with Crippen LogP contribution >= 0.6 is 0 Å². The lowest BCUT2D eigenvalue weighted by atomic mass is 10.4. The predicted molar refractivity (Wildman–Crippen MR) is 43.2 cm³/mol. The molecule has 0 radical (unpaired) electrons. The Hall–Kier alpha value is -1.45. The molecule has 0 spiro atoms. The van der Waals surface area contributed by atoms with Crippen molar-refractivity contribution >= 4 is 11.2 Å². The molecule has 0 saturated heterocycles. The largest absolute Gasteiger partial charge is 0.341 e. The van der Waals surface area contributed by atoms with Crippen molar-refractivity contribution < 1.29 is 4.39 Å². The van der Waals surface area contributed by atoms with Gasteiger partial charge in [-0.2, -0.15) is 0 Å². The first-order chi connectivity index (χ1) is 5.79. The molecule has 2 heterocycles. The minimum Gasteiger partial charge on any atom is -0.341 e.